The van der Waals surface area contributed by atoms with Crippen LogP contribution in [0.5, 0.6) is 0 Å². The molecular formula is C18H36N2O. The third-order valence-electron chi connectivity index (χ3n) is 5.84. The highest BCUT2D eigenvalue weighted by Crippen LogP contribution is 2.37. The molecule has 2 aliphatic rings. The van der Waals surface area contributed by atoms with Crippen molar-refractivity contribution in [3.05, 3.63) is 0 Å². The fourth-order valence-corrected chi connectivity index (χ4v) is 4.43. The van der Waals surface area contributed by atoms with Crippen molar-refractivity contribution in [1.82, 2.24) is 10.2 Å². The van der Waals surface area contributed by atoms with Crippen LogP contribution in [-0.4, -0.2) is 47.8 Å². The van der Waals surface area contributed by atoms with Crippen LogP contribution in [0, 0.1) is 11.8 Å². The average Bonchev–Trinajstić information content (AvgIpc) is 2.52. The van der Waals surface area contributed by atoms with Crippen LogP contribution in [0.3, 0.4) is 0 Å². The zero-order chi connectivity index (χ0) is 15.3. The zero-order valence-electron chi connectivity index (χ0n) is 14.4. The second-order valence-corrected chi connectivity index (χ2v) is 7.79. The Bertz CT molecular complexity index is 310. The van der Waals surface area contributed by atoms with Crippen LogP contribution in [0.15, 0.2) is 0 Å². The van der Waals surface area contributed by atoms with E-state index < -0.39 is 0 Å². The van der Waals surface area contributed by atoms with Gasteiger partial charge >= 0.3 is 0 Å². The Hall–Kier alpha value is -0.120. The molecule has 2 fully saturated rings. The first-order valence-electron chi connectivity index (χ1n) is 9.18. The Labute approximate surface area is 131 Å². The molecule has 1 heterocycles. The molecule has 21 heavy (non-hydrogen) atoms. The number of hydrogen-bond acceptors (Lipinski definition) is 3. The number of fused-ring (bicyclic) bond motifs is 1. The minimum Gasteiger partial charge on any atom is -0.394 e. The van der Waals surface area contributed by atoms with E-state index in [4.69, 9.17) is 0 Å². The minimum absolute atomic E-state index is 0.126. The quantitative estimate of drug-likeness (QED) is 0.758. The van der Waals surface area contributed by atoms with E-state index in [-0.39, 0.29) is 12.1 Å². The van der Waals surface area contributed by atoms with E-state index in [1.54, 1.807) is 0 Å². The van der Waals surface area contributed by atoms with Gasteiger partial charge in [-0.3, -0.25) is 0 Å². The average molecular weight is 296 g/mol. The molecule has 0 bridgehead atoms. The standard InChI is InChI=1S/C18H36N2O/c1-4-10-19-18(3,14-21)12-15(2)20-11-9-16-7-5-6-8-17(16)13-20/h15-17,19,21H,4-14H2,1-3H3. The van der Waals surface area contributed by atoms with E-state index in [1.807, 2.05) is 0 Å². The molecule has 0 spiro atoms. The van der Waals surface area contributed by atoms with E-state index in [2.05, 4.69) is 31.0 Å². The maximum atomic E-state index is 9.77. The Morgan fingerprint density at radius 1 is 1.24 bits per heavy atom. The summed E-state index contributed by atoms with van der Waals surface area (Å²) in [7, 11) is 0. The second-order valence-electron chi connectivity index (χ2n) is 7.79. The normalized spacial score (nSPS) is 31.4. The summed E-state index contributed by atoms with van der Waals surface area (Å²) >= 11 is 0. The highest BCUT2D eigenvalue weighted by Gasteiger charge is 2.34. The molecule has 124 valence electrons. The molecule has 1 aliphatic heterocycles. The van der Waals surface area contributed by atoms with Gasteiger partial charge in [-0.15, -0.1) is 0 Å². The van der Waals surface area contributed by atoms with Crippen LogP contribution >= 0.6 is 0 Å². The van der Waals surface area contributed by atoms with Crippen molar-refractivity contribution in [3.8, 4) is 0 Å². The van der Waals surface area contributed by atoms with Crippen LogP contribution in [-0.2, 0) is 0 Å². The highest BCUT2D eigenvalue weighted by atomic mass is 16.3. The van der Waals surface area contributed by atoms with Crippen molar-refractivity contribution in [2.45, 2.75) is 77.3 Å². The van der Waals surface area contributed by atoms with Gasteiger partial charge in [0, 0.05) is 18.1 Å². The number of aliphatic hydroxyl groups is 1. The van der Waals surface area contributed by atoms with E-state index in [9.17, 15) is 5.11 Å². The first-order valence-corrected chi connectivity index (χ1v) is 9.18. The molecule has 1 aliphatic carbocycles. The lowest BCUT2D eigenvalue weighted by atomic mass is 9.74. The Morgan fingerprint density at radius 2 is 1.95 bits per heavy atom. The monoisotopic (exact) mass is 296 g/mol. The number of nitrogens with zero attached hydrogens (tertiary/aromatic N) is 1. The van der Waals surface area contributed by atoms with Crippen LogP contribution < -0.4 is 5.32 Å². The Balaban J connectivity index is 1.85. The first-order chi connectivity index (χ1) is 10.1. The molecule has 0 aromatic rings. The fraction of sp³-hybridized carbons (Fsp3) is 1.00. The molecule has 1 saturated heterocycles. The van der Waals surface area contributed by atoms with E-state index >= 15 is 0 Å². The molecule has 3 heteroatoms. The highest BCUT2D eigenvalue weighted by molar-refractivity contribution is 4.90. The molecule has 4 atom stereocenters. The Kier molecular flexibility index (Phi) is 6.51. The van der Waals surface area contributed by atoms with Gasteiger partial charge in [0.2, 0.25) is 0 Å². The number of aliphatic hydroxyl groups excluding tert-OH is 1. The largest absolute Gasteiger partial charge is 0.394 e. The molecule has 1 saturated carbocycles. The molecule has 2 N–H and O–H groups in total. The van der Waals surface area contributed by atoms with Crippen LogP contribution in [0.25, 0.3) is 0 Å². The van der Waals surface area contributed by atoms with Crippen molar-refractivity contribution in [3.63, 3.8) is 0 Å². The third kappa shape index (κ3) is 4.67. The number of hydrogen-bond donors (Lipinski definition) is 2. The van der Waals surface area contributed by atoms with Gasteiger partial charge in [-0.05, 0) is 64.5 Å². The third-order valence-corrected chi connectivity index (χ3v) is 5.84. The van der Waals surface area contributed by atoms with Gasteiger partial charge in [0.25, 0.3) is 0 Å². The zero-order valence-corrected chi connectivity index (χ0v) is 14.4. The van der Waals surface area contributed by atoms with E-state index in [1.165, 1.54) is 45.2 Å². The molecule has 0 amide bonds. The van der Waals surface area contributed by atoms with Gasteiger partial charge < -0.3 is 15.3 Å². The summed E-state index contributed by atoms with van der Waals surface area (Å²) in [6.07, 6.45) is 9.38. The van der Waals surface area contributed by atoms with Crippen molar-refractivity contribution in [2.24, 2.45) is 11.8 Å². The van der Waals surface area contributed by atoms with Crippen LogP contribution in [0.2, 0.25) is 0 Å². The lowest BCUT2D eigenvalue weighted by molar-refractivity contribution is 0.0425. The minimum atomic E-state index is -0.126. The van der Waals surface area contributed by atoms with Crippen LogP contribution in [0.4, 0.5) is 0 Å². The summed E-state index contributed by atoms with van der Waals surface area (Å²) in [6, 6.07) is 0.564. The summed E-state index contributed by atoms with van der Waals surface area (Å²) in [5, 5.41) is 13.3. The topological polar surface area (TPSA) is 35.5 Å². The van der Waals surface area contributed by atoms with Crippen molar-refractivity contribution in [2.75, 3.05) is 26.2 Å². The predicted molar refractivity (Wildman–Crippen MR) is 89.5 cm³/mol. The maximum absolute atomic E-state index is 9.77. The summed E-state index contributed by atoms with van der Waals surface area (Å²) in [5.74, 6) is 1.95. The van der Waals surface area contributed by atoms with Crippen molar-refractivity contribution < 1.29 is 5.11 Å². The Morgan fingerprint density at radius 3 is 2.62 bits per heavy atom. The SMILES string of the molecule is CCCNC(C)(CO)CC(C)N1CCC2CCCCC2C1. The molecule has 2 rings (SSSR count). The predicted octanol–water partition coefficient (Wildman–Crippen LogP) is 3.03. The van der Waals surface area contributed by atoms with Gasteiger partial charge in [0.05, 0.1) is 6.61 Å². The fourth-order valence-electron chi connectivity index (χ4n) is 4.43. The molecular weight excluding hydrogens is 260 g/mol. The molecule has 0 aromatic carbocycles. The first kappa shape index (κ1) is 17.2. The maximum Gasteiger partial charge on any atom is 0.0611 e. The summed E-state index contributed by atoms with van der Waals surface area (Å²) in [6.45, 7) is 10.5. The number of rotatable bonds is 7. The smallest absolute Gasteiger partial charge is 0.0611 e. The lowest BCUT2D eigenvalue weighted by Crippen LogP contribution is -2.53. The summed E-state index contributed by atoms with van der Waals surface area (Å²) in [5.41, 5.74) is -0.126. The van der Waals surface area contributed by atoms with Gasteiger partial charge in [0.15, 0.2) is 0 Å². The molecule has 4 unspecified atom stereocenters. The molecule has 0 aromatic heterocycles. The lowest BCUT2D eigenvalue weighted by Gasteiger charge is -2.45. The number of nitrogens with one attached hydrogen (secondary N) is 1. The van der Waals surface area contributed by atoms with Gasteiger partial charge in [-0.25, -0.2) is 0 Å². The second kappa shape index (κ2) is 7.94. The molecule has 3 nitrogen and oxygen atoms in total. The van der Waals surface area contributed by atoms with Crippen LogP contribution in [0.1, 0.15) is 65.7 Å². The van der Waals surface area contributed by atoms with Crippen molar-refractivity contribution >= 4 is 0 Å². The van der Waals surface area contributed by atoms with E-state index in [0.29, 0.717) is 6.04 Å². The summed E-state index contributed by atoms with van der Waals surface area (Å²) in [4.78, 5) is 2.69. The number of piperidine rings is 1. The van der Waals surface area contributed by atoms with Crippen molar-refractivity contribution in [1.29, 1.82) is 0 Å². The van der Waals surface area contributed by atoms with Gasteiger partial charge in [0.1, 0.15) is 0 Å². The van der Waals surface area contributed by atoms with E-state index in [0.717, 1.165) is 31.2 Å². The molecule has 0 radical (unpaired) electrons. The summed E-state index contributed by atoms with van der Waals surface area (Å²) < 4.78 is 0. The number of likely N-dealkylation sites (tertiary alicyclic amines) is 1. The van der Waals surface area contributed by atoms with Gasteiger partial charge in [-0.1, -0.05) is 26.2 Å². The van der Waals surface area contributed by atoms with Gasteiger partial charge in [-0.2, -0.15) is 0 Å².